The monoisotopic (exact) mass is 718 g/mol. The molecule has 0 aliphatic carbocycles. The third-order valence-electron chi connectivity index (χ3n) is 10.7. The van der Waals surface area contributed by atoms with E-state index in [0.717, 1.165) is 27.8 Å². The zero-order valence-corrected chi connectivity index (χ0v) is 31.1. The minimum atomic E-state index is -0.962. The van der Waals surface area contributed by atoms with Crippen molar-refractivity contribution in [3.8, 4) is 28.7 Å². The average molecular weight is 719 g/mol. The third-order valence-corrected chi connectivity index (χ3v) is 10.7. The van der Waals surface area contributed by atoms with Gasteiger partial charge in [-0.25, -0.2) is 0 Å². The molecular formula is C43H46N2O8. The molecule has 2 bridgehead atoms. The van der Waals surface area contributed by atoms with Gasteiger partial charge in [0.25, 0.3) is 0 Å². The molecule has 3 aliphatic heterocycles. The zero-order chi connectivity index (χ0) is 37.4. The van der Waals surface area contributed by atoms with E-state index in [0.29, 0.717) is 65.1 Å². The van der Waals surface area contributed by atoms with Crippen LogP contribution in [0.5, 0.6) is 28.7 Å². The van der Waals surface area contributed by atoms with Crippen LogP contribution in [0.25, 0.3) is 0 Å². The predicted octanol–water partition coefficient (Wildman–Crippen LogP) is 6.74. The standard InChI is InChI=1S/C43H46N2O8/c1-8-19-52-39-26(3)40(49-6)41(50-7)33-31(24-51-22-27-15-11-9-12-16-27)45-36(37(46)34(33)39)35-32-29(21-30(43(45)47)44(35)4)20-25(2)38(48-5)42(32)53-23-28-17-13-10-14-18-28/h8-18,20,30-31,35-36H,1,19,21-24H2,2-7H3/t30-,31+,35+,36?/m1/s1. The van der Waals surface area contributed by atoms with E-state index in [-0.39, 0.29) is 24.9 Å². The fourth-order valence-corrected chi connectivity index (χ4v) is 8.41. The molecule has 0 N–H and O–H groups in total. The molecule has 0 aromatic heterocycles. The summed E-state index contributed by atoms with van der Waals surface area (Å²) >= 11 is 0. The van der Waals surface area contributed by atoms with Crippen molar-refractivity contribution in [3.05, 3.63) is 124 Å². The lowest BCUT2D eigenvalue weighted by molar-refractivity contribution is -0.156. The van der Waals surface area contributed by atoms with Crippen LogP contribution in [0.3, 0.4) is 0 Å². The molecule has 4 aromatic rings. The number of carbonyl (C=O) groups is 2. The van der Waals surface area contributed by atoms with Gasteiger partial charge < -0.3 is 33.3 Å². The second-order valence-electron chi connectivity index (χ2n) is 13.7. The van der Waals surface area contributed by atoms with Crippen molar-refractivity contribution in [1.82, 2.24) is 9.80 Å². The Morgan fingerprint density at radius 2 is 1.42 bits per heavy atom. The number of ketones is 1. The molecule has 10 heteroatoms. The number of carbonyl (C=O) groups excluding carboxylic acids is 2. The van der Waals surface area contributed by atoms with Crippen LogP contribution < -0.4 is 23.7 Å². The highest BCUT2D eigenvalue weighted by atomic mass is 16.5. The molecule has 0 saturated carbocycles. The topological polar surface area (TPSA) is 96.0 Å². The first-order valence-electron chi connectivity index (χ1n) is 17.8. The molecule has 7 rings (SSSR count). The molecule has 53 heavy (non-hydrogen) atoms. The number of methoxy groups -OCH3 is 3. The summed E-state index contributed by atoms with van der Waals surface area (Å²) in [5, 5.41) is 0. The molecule has 3 aliphatic rings. The first kappa shape index (κ1) is 36.1. The minimum absolute atomic E-state index is 0.0888. The summed E-state index contributed by atoms with van der Waals surface area (Å²) in [7, 11) is 6.64. The molecule has 276 valence electrons. The minimum Gasteiger partial charge on any atom is -0.493 e. The lowest BCUT2D eigenvalue weighted by Gasteiger charge is -2.56. The zero-order valence-electron chi connectivity index (χ0n) is 31.1. The Kier molecular flexibility index (Phi) is 10.2. The Morgan fingerprint density at radius 1 is 0.774 bits per heavy atom. The summed E-state index contributed by atoms with van der Waals surface area (Å²) in [6, 6.07) is 19.0. The van der Waals surface area contributed by atoms with Crippen molar-refractivity contribution in [1.29, 1.82) is 0 Å². The molecule has 1 fully saturated rings. The highest BCUT2D eigenvalue weighted by molar-refractivity contribution is 6.10. The number of hydrogen-bond donors (Lipinski definition) is 0. The van der Waals surface area contributed by atoms with Crippen LogP contribution in [0.1, 0.15) is 61.4 Å². The number of ether oxygens (including phenoxy) is 6. The van der Waals surface area contributed by atoms with Crippen LogP contribution in [0.2, 0.25) is 0 Å². The number of nitrogens with zero attached hydrogens (tertiary/aromatic N) is 2. The van der Waals surface area contributed by atoms with Crippen molar-refractivity contribution in [2.24, 2.45) is 0 Å². The molecular weight excluding hydrogens is 672 g/mol. The fourth-order valence-electron chi connectivity index (χ4n) is 8.41. The van der Waals surface area contributed by atoms with Crippen LogP contribution in [-0.2, 0) is 29.2 Å². The van der Waals surface area contributed by atoms with E-state index < -0.39 is 24.2 Å². The summed E-state index contributed by atoms with van der Waals surface area (Å²) in [5.74, 6) is 1.89. The van der Waals surface area contributed by atoms with Gasteiger partial charge >= 0.3 is 0 Å². The second-order valence-corrected chi connectivity index (χ2v) is 13.7. The first-order chi connectivity index (χ1) is 25.7. The molecule has 1 amide bonds. The molecule has 4 atom stereocenters. The SMILES string of the molecule is C=CCOc1c(C)c(OC)c(OC)c2c1C(=O)C1[C@@H]3c4c(cc(C)c(OC)c4OCc4ccccc4)C[C@H](C(=O)N1[C@H]2COCc1ccccc1)N3C. The molecule has 10 nitrogen and oxygen atoms in total. The van der Waals surface area contributed by atoms with Crippen LogP contribution in [0.15, 0.2) is 79.4 Å². The van der Waals surface area contributed by atoms with Gasteiger partial charge in [0.05, 0.1) is 58.2 Å². The van der Waals surface area contributed by atoms with E-state index in [1.165, 1.54) is 0 Å². The van der Waals surface area contributed by atoms with Gasteiger partial charge in [-0.3, -0.25) is 14.5 Å². The summed E-state index contributed by atoms with van der Waals surface area (Å²) in [6.45, 7) is 8.51. The smallest absolute Gasteiger partial charge is 0.241 e. The second kappa shape index (κ2) is 15.0. The number of Topliss-reactive ketones (excluding diaryl/α,β-unsaturated/α-hetero) is 1. The summed E-state index contributed by atoms with van der Waals surface area (Å²) in [6.07, 6.45) is 2.06. The van der Waals surface area contributed by atoms with Crippen LogP contribution in [0, 0.1) is 13.8 Å². The van der Waals surface area contributed by atoms with Crippen LogP contribution >= 0.6 is 0 Å². The van der Waals surface area contributed by atoms with Gasteiger partial charge in [-0.2, -0.15) is 0 Å². The Labute approximate surface area is 310 Å². The maximum atomic E-state index is 15.5. The largest absolute Gasteiger partial charge is 0.493 e. The molecule has 3 heterocycles. The summed E-state index contributed by atoms with van der Waals surface area (Å²) in [5.41, 5.74) is 6.10. The van der Waals surface area contributed by atoms with E-state index in [4.69, 9.17) is 28.4 Å². The molecule has 4 aromatic carbocycles. The average Bonchev–Trinajstić information content (AvgIpc) is 3.17. The number of likely N-dealkylation sites (N-methyl/N-ethyl adjacent to an activating group) is 1. The Balaban J connectivity index is 1.44. The Morgan fingerprint density at radius 3 is 2.04 bits per heavy atom. The number of aryl methyl sites for hydroxylation is 1. The van der Waals surface area contributed by atoms with E-state index >= 15 is 4.79 Å². The van der Waals surface area contributed by atoms with Crippen molar-refractivity contribution in [3.63, 3.8) is 0 Å². The maximum absolute atomic E-state index is 15.5. The number of fused-ring (bicyclic) bond motifs is 7. The van der Waals surface area contributed by atoms with Crippen molar-refractivity contribution in [2.75, 3.05) is 41.6 Å². The van der Waals surface area contributed by atoms with Crippen LogP contribution in [0.4, 0.5) is 0 Å². The number of rotatable bonds is 13. The van der Waals surface area contributed by atoms with Gasteiger partial charge in [0.15, 0.2) is 28.8 Å². The third kappa shape index (κ3) is 6.09. The van der Waals surface area contributed by atoms with Crippen LogP contribution in [-0.4, -0.2) is 75.2 Å². The van der Waals surface area contributed by atoms with Gasteiger partial charge in [-0.15, -0.1) is 0 Å². The van der Waals surface area contributed by atoms with Gasteiger partial charge in [0.1, 0.15) is 25.0 Å². The summed E-state index contributed by atoms with van der Waals surface area (Å²) < 4.78 is 37.4. The number of amides is 1. The highest BCUT2D eigenvalue weighted by Gasteiger charge is 2.59. The number of benzene rings is 4. The predicted molar refractivity (Wildman–Crippen MR) is 200 cm³/mol. The molecule has 0 radical (unpaired) electrons. The van der Waals surface area contributed by atoms with Crippen molar-refractivity contribution < 1.29 is 38.0 Å². The lowest BCUT2D eigenvalue weighted by atomic mass is 9.73. The van der Waals surface area contributed by atoms with Crippen molar-refractivity contribution >= 4 is 11.7 Å². The quantitative estimate of drug-likeness (QED) is 0.139. The first-order valence-corrected chi connectivity index (χ1v) is 17.8. The lowest BCUT2D eigenvalue weighted by Crippen LogP contribution is -2.68. The Hall–Kier alpha value is -5.32. The normalized spacial score (nSPS) is 20.2. The number of hydrogen-bond acceptors (Lipinski definition) is 9. The Bertz CT molecular complexity index is 2030. The fraction of sp³-hybridized carbons (Fsp3) is 0.349. The molecule has 0 spiro atoms. The van der Waals surface area contributed by atoms with Gasteiger partial charge in [0, 0.05) is 16.7 Å². The molecule has 1 saturated heterocycles. The highest BCUT2D eigenvalue weighted by Crippen LogP contribution is 2.57. The maximum Gasteiger partial charge on any atom is 0.241 e. The van der Waals surface area contributed by atoms with Gasteiger partial charge in [-0.05, 0) is 49.6 Å². The van der Waals surface area contributed by atoms with Gasteiger partial charge in [-0.1, -0.05) is 79.4 Å². The molecule has 1 unspecified atom stereocenters. The number of piperazine rings is 1. The van der Waals surface area contributed by atoms with Crippen molar-refractivity contribution in [2.45, 2.75) is 57.6 Å². The van der Waals surface area contributed by atoms with E-state index in [2.05, 4.69) is 12.6 Å². The van der Waals surface area contributed by atoms with E-state index in [1.807, 2.05) is 86.5 Å². The van der Waals surface area contributed by atoms with E-state index in [9.17, 15) is 4.79 Å². The van der Waals surface area contributed by atoms with E-state index in [1.54, 1.807) is 32.3 Å². The summed E-state index contributed by atoms with van der Waals surface area (Å²) in [4.78, 5) is 34.2. The van der Waals surface area contributed by atoms with Gasteiger partial charge in [0.2, 0.25) is 5.91 Å².